The van der Waals surface area contributed by atoms with Crippen LogP contribution in [-0.4, -0.2) is 27.2 Å². The number of rotatable bonds is 3. The van der Waals surface area contributed by atoms with E-state index in [1.807, 2.05) is 0 Å². The van der Waals surface area contributed by atoms with Crippen molar-refractivity contribution in [2.75, 3.05) is 20.4 Å². The molecule has 0 saturated heterocycles. The minimum atomic E-state index is -0.863. The smallest absolute Gasteiger partial charge is 0.261 e. The van der Waals surface area contributed by atoms with Crippen molar-refractivity contribution in [3.63, 3.8) is 0 Å². The fourth-order valence-corrected chi connectivity index (χ4v) is 1.12. The molecular weight excluding hydrogens is 323 g/mol. The summed E-state index contributed by atoms with van der Waals surface area (Å²) in [6.07, 6.45) is 1.01. The molecule has 0 aromatic heterocycles. The fraction of sp³-hybridized carbons (Fsp3) is 0.800. The first-order valence-electron chi connectivity index (χ1n) is 2.52. The Balaban J connectivity index is -0.000000149. The minimum Gasteiger partial charge on any atom is -0.545 e. The van der Waals surface area contributed by atoms with Crippen LogP contribution in [0.25, 0.3) is 0 Å². The summed E-state index contributed by atoms with van der Waals surface area (Å²) in [6.45, 7) is 5.31. The van der Waals surface area contributed by atoms with Crippen molar-refractivity contribution in [1.29, 1.82) is 0 Å². The predicted octanol–water partition coefficient (Wildman–Crippen LogP) is 1.07. The van der Waals surface area contributed by atoms with Gasteiger partial charge in [-0.1, -0.05) is 0 Å². The van der Waals surface area contributed by atoms with Gasteiger partial charge in [0.05, 0.1) is 14.2 Å². The Bertz CT molecular complexity index is 46.6. The maximum atomic E-state index is 7.75. The van der Waals surface area contributed by atoms with Crippen molar-refractivity contribution in [1.82, 2.24) is 0 Å². The predicted molar refractivity (Wildman–Crippen MR) is 39.6 cm³/mol. The van der Waals surface area contributed by atoms with Crippen LogP contribution in [0.2, 0.25) is 0 Å². The summed E-state index contributed by atoms with van der Waals surface area (Å²) in [4.78, 5) is 7.75. The molecule has 0 unspecified atom stereocenters. The van der Waals surface area contributed by atoms with E-state index in [4.69, 9.17) is 13.8 Å². The molecular formula is C5H13O3PW. The Labute approximate surface area is 77.7 Å². The van der Waals surface area contributed by atoms with Crippen LogP contribution in [-0.2, 0) is 34.9 Å². The molecule has 0 radical (unpaired) electrons. The molecule has 0 amide bonds. The van der Waals surface area contributed by atoms with Crippen molar-refractivity contribution in [3.05, 3.63) is 0 Å². The molecule has 0 aliphatic rings. The summed E-state index contributed by atoms with van der Waals surface area (Å²) in [7, 11) is 2.50. The third-order valence-corrected chi connectivity index (χ3v) is 2.23. The zero-order chi connectivity index (χ0) is 7.70. The van der Waals surface area contributed by atoms with Crippen LogP contribution >= 0.6 is 8.38 Å². The fourth-order valence-electron chi connectivity index (χ4n) is 0.372. The van der Waals surface area contributed by atoms with E-state index in [-0.39, 0.29) is 21.1 Å². The summed E-state index contributed by atoms with van der Waals surface area (Å²) in [5, 5.41) is 0. The molecule has 10 heavy (non-hydrogen) atoms. The van der Waals surface area contributed by atoms with E-state index in [1.165, 1.54) is 0 Å². The Kier molecular flexibility index (Phi) is 27.8. The molecule has 0 rings (SSSR count). The van der Waals surface area contributed by atoms with E-state index in [9.17, 15) is 0 Å². The molecule has 0 aliphatic carbocycles. The van der Waals surface area contributed by atoms with Crippen molar-refractivity contribution < 1.29 is 34.9 Å². The van der Waals surface area contributed by atoms with Crippen molar-refractivity contribution in [2.45, 2.75) is 6.92 Å². The molecule has 0 aromatic rings. The molecule has 0 heterocycles. The summed E-state index contributed by atoms with van der Waals surface area (Å²) < 4.78 is 9.86. The molecule has 62 valence electrons. The molecule has 0 fully saturated rings. The second kappa shape index (κ2) is 16.4. The van der Waals surface area contributed by atoms with Gasteiger partial charge < -0.3 is 4.79 Å². The number of hydrogen-bond acceptors (Lipinski definition) is 3. The van der Waals surface area contributed by atoms with Crippen molar-refractivity contribution >= 4 is 15.2 Å². The van der Waals surface area contributed by atoms with E-state index >= 15 is 0 Å². The molecule has 0 aromatic carbocycles. The Morgan fingerprint density at radius 3 is 1.60 bits per heavy atom. The van der Waals surface area contributed by atoms with Gasteiger partial charge in [-0.2, -0.15) is 0 Å². The Hall–Kier alpha value is 0.708. The van der Waals surface area contributed by atoms with Gasteiger partial charge >= 0.3 is 0 Å². The van der Waals surface area contributed by atoms with Gasteiger partial charge in [0, 0.05) is 21.1 Å². The third kappa shape index (κ3) is 11.5. The molecule has 0 bridgehead atoms. The first kappa shape index (κ1) is 17.0. The summed E-state index contributed by atoms with van der Waals surface area (Å²) >= 11 is 0. The molecule has 0 atom stereocenters. The Morgan fingerprint density at radius 1 is 1.30 bits per heavy atom. The van der Waals surface area contributed by atoms with Crippen LogP contribution in [0.15, 0.2) is 0 Å². The van der Waals surface area contributed by atoms with E-state index < -0.39 is 8.38 Å². The quantitative estimate of drug-likeness (QED) is 0.439. The minimum absolute atomic E-state index is 0. The Morgan fingerprint density at radius 2 is 1.60 bits per heavy atom. The normalized spacial score (nSPS) is 7.60. The SMILES string of the molecule is CC[PH+](OC)OC.[CH-]=O.[W]. The van der Waals surface area contributed by atoms with Gasteiger partial charge in [-0.3, -0.25) is 6.79 Å². The monoisotopic (exact) mass is 336 g/mol. The molecule has 3 nitrogen and oxygen atoms in total. The topological polar surface area (TPSA) is 35.5 Å². The second-order valence-electron chi connectivity index (χ2n) is 1.13. The van der Waals surface area contributed by atoms with E-state index in [2.05, 4.69) is 13.7 Å². The van der Waals surface area contributed by atoms with Crippen LogP contribution in [0, 0.1) is 0 Å². The van der Waals surface area contributed by atoms with Gasteiger partial charge in [-0.15, -0.1) is 0 Å². The molecule has 0 aliphatic heterocycles. The molecule has 5 heteroatoms. The van der Waals surface area contributed by atoms with Gasteiger partial charge in [0.25, 0.3) is 8.38 Å². The van der Waals surface area contributed by atoms with Gasteiger partial charge in [0.1, 0.15) is 6.16 Å². The van der Waals surface area contributed by atoms with E-state index in [1.54, 1.807) is 14.2 Å². The first-order chi connectivity index (χ1) is 4.35. The summed E-state index contributed by atoms with van der Waals surface area (Å²) in [6, 6.07) is 0. The van der Waals surface area contributed by atoms with Crippen LogP contribution in [0.3, 0.4) is 0 Å². The summed E-state index contributed by atoms with van der Waals surface area (Å²) in [5.41, 5.74) is 0. The largest absolute Gasteiger partial charge is 0.545 e. The van der Waals surface area contributed by atoms with Crippen LogP contribution < -0.4 is 0 Å². The molecule has 0 spiro atoms. The molecule has 0 saturated carbocycles. The maximum absolute atomic E-state index is 7.75. The van der Waals surface area contributed by atoms with E-state index in [0.717, 1.165) is 6.16 Å². The standard InChI is InChI=1S/C4H11O2P.CHO.W/c1-4-7(5-2)6-3;1-2;/h4H2,1-3H3;1H;/q;-1;/p+1. The second-order valence-corrected chi connectivity index (χ2v) is 3.40. The van der Waals surface area contributed by atoms with Crippen molar-refractivity contribution in [2.24, 2.45) is 0 Å². The first-order valence-corrected chi connectivity index (χ1v) is 4.04. The van der Waals surface area contributed by atoms with Gasteiger partial charge in [-0.05, 0) is 6.92 Å². The number of hydrogen-bond donors (Lipinski definition) is 0. The third-order valence-electron chi connectivity index (χ3n) is 0.744. The maximum Gasteiger partial charge on any atom is 0.261 e. The zero-order valence-electron chi connectivity index (χ0n) is 6.42. The van der Waals surface area contributed by atoms with Gasteiger partial charge in [0.15, 0.2) is 0 Å². The summed E-state index contributed by atoms with van der Waals surface area (Å²) in [5.74, 6) is 0. The molecule has 0 N–H and O–H groups in total. The van der Waals surface area contributed by atoms with Crippen LogP contribution in [0.1, 0.15) is 6.92 Å². The van der Waals surface area contributed by atoms with Crippen LogP contribution in [0.4, 0.5) is 0 Å². The number of carbonyl (C=O) groups excluding carboxylic acids is 1. The average molecular weight is 336 g/mol. The van der Waals surface area contributed by atoms with Crippen molar-refractivity contribution in [3.8, 4) is 0 Å². The average Bonchev–Trinajstić information content (AvgIpc) is 1.96. The van der Waals surface area contributed by atoms with Crippen LogP contribution in [0.5, 0.6) is 0 Å². The zero-order valence-corrected chi connectivity index (χ0v) is 10.4. The van der Waals surface area contributed by atoms with Gasteiger partial charge in [-0.25, -0.2) is 9.05 Å². The van der Waals surface area contributed by atoms with E-state index in [0.29, 0.717) is 0 Å². The van der Waals surface area contributed by atoms with Gasteiger partial charge in [0.2, 0.25) is 0 Å².